The Kier molecular flexibility index (Phi) is 3.14. The van der Waals surface area contributed by atoms with Gasteiger partial charge in [-0.2, -0.15) is 0 Å². The highest BCUT2D eigenvalue weighted by Crippen LogP contribution is 2.40. The van der Waals surface area contributed by atoms with Crippen molar-refractivity contribution in [3.63, 3.8) is 0 Å². The van der Waals surface area contributed by atoms with Gasteiger partial charge in [0.2, 0.25) is 0 Å². The summed E-state index contributed by atoms with van der Waals surface area (Å²) in [5.74, 6) is -0.788. The number of ether oxygens (including phenoxy) is 3. The summed E-state index contributed by atoms with van der Waals surface area (Å²) in [5, 5.41) is 0. The zero-order chi connectivity index (χ0) is 10.1. The molecule has 0 unspecified atom stereocenters. The van der Waals surface area contributed by atoms with Crippen LogP contribution < -0.4 is 0 Å². The first kappa shape index (κ1) is 10.8. The Balaban J connectivity index is 1.85. The van der Waals surface area contributed by atoms with Gasteiger partial charge in [-0.15, -0.1) is 0 Å². The predicted octanol–water partition coefficient (Wildman–Crippen LogP) is 1.83. The van der Waals surface area contributed by atoms with Crippen molar-refractivity contribution in [2.24, 2.45) is 5.41 Å². The molecule has 3 saturated heterocycles. The zero-order valence-electron chi connectivity index (χ0n) is 8.25. The van der Waals surface area contributed by atoms with Crippen LogP contribution in [0.1, 0.15) is 19.8 Å². The van der Waals surface area contributed by atoms with Crippen molar-refractivity contribution in [3.05, 3.63) is 0 Å². The molecule has 3 rings (SSSR count). The van der Waals surface area contributed by atoms with Crippen LogP contribution in [0.2, 0.25) is 0 Å². The Morgan fingerprint density at radius 2 is 1.79 bits per heavy atom. The molecule has 14 heavy (non-hydrogen) atoms. The molecule has 3 fully saturated rings. The number of hydrogen-bond donors (Lipinski definition) is 0. The monoisotopic (exact) mass is 266 g/mol. The lowest BCUT2D eigenvalue weighted by Crippen LogP contribution is -2.58. The summed E-state index contributed by atoms with van der Waals surface area (Å²) >= 11 is 2.91. The van der Waals surface area contributed by atoms with E-state index in [4.69, 9.17) is 18.0 Å². The summed E-state index contributed by atoms with van der Waals surface area (Å²) in [6.07, 6.45) is 1.57. The van der Waals surface area contributed by atoms with Crippen LogP contribution in [-0.2, 0) is 18.0 Å². The molecule has 0 aromatic heterocycles. The molecule has 0 radical (unpaired) electrons. The van der Waals surface area contributed by atoms with Gasteiger partial charge < -0.3 is 18.0 Å². The van der Waals surface area contributed by atoms with E-state index in [2.05, 4.69) is 23.2 Å². The quantitative estimate of drug-likeness (QED) is 0.728. The predicted molar refractivity (Wildman–Crippen MR) is 52.8 cm³/mol. The number of fused-ring (bicyclic) bond motifs is 3. The lowest BCUT2D eigenvalue weighted by molar-refractivity contribution is -0.467. The molecule has 5 heteroatoms. The molecular weight excluding hydrogens is 252 g/mol. The zero-order valence-corrected chi connectivity index (χ0v) is 9.84. The molecule has 0 N–H and O–H groups in total. The molecule has 0 spiro atoms. The van der Waals surface area contributed by atoms with Gasteiger partial charge in [0.15, 0.2) is 0 Å². The van der Waals surface area contributed by atoms with Crippen LogP contribution in [-0.4, -0.2) is 32.4 Å². The summed E-state index contributed by atoms with van der Waals surface area (Å²) in [6.45, 7) is 4.92. The lowest BCUT2D eigenvalue weighted by Gasteiger charge is -2.50. The van der Waals surface area contributed by atoms with E-state index >= 15 is 0 Å². The van der Waals surface area contributed by atoms with E-state index in [0.717, 1.165) is 26.2 Å². The minimum absolute atomic E-state index is 0.0493. The van der Waals surface area contributed by atoms with Gasteiger partial charge >= 0.3 is 0 Å². The minimum atomic E-state index is -0.788. The largest absolute Gasteiger partial charge is 0.327 e. The van der Waals surface area contributed by atoms with Gasteiger partial charge in [-0.25, -0.2) is 0 Å². The van der Waals surface area contributed by atoms with E-state index in [1.165, 1.54) is 0 Å². The Morgan fingerprint density at radius 1 is 1.21 bits per heavy atom. The van der Waals surface area contributed by atoms with E-state index in [-0.39, 0.29) is 5.41 Å². The van der Waals surface area contributed by atoms with Crippen molar-refractivity contribution in [1.82, 2.24) is 0 Å². The first-order chi connectivity index (χ1) is 6.68. The minimum Gasteiger partial charge on any atom is -0.327 e. The molecule has 2 bridgehead atoms. The Labute approximate surface area is 92.3 Å². The SMILES string of the molecule is CC12COC(CCCOBr)(OC1)OC2. The molecule has 0 aromatic rings. The summed E-state index contributed by atoms with van der Waals surface area (Å²) in [6, 6.07) is 0. The highest BCUT2D eigenvalue weighted by atomic mass is 79.9. The van der Waals surface area contributed by atoms with Gasteiger partial charge in [0, 0.05) is 11.8 Å². The average Bonchev–Trinajstić information content (AvgIpc) is 2.21. The molecule has 0 saturated carbocycles. The van der Waals surface area contributed by atoms with Crippen LogP contribution >= 0.6 is 16.3 Å². The van der Waals surface area contributed by atoms with E-state index in [1.54, 1.807) is 0 Å². The maximum atomic E-state index is 5.60. The maximum Gasteiger partial charge on any atom is 0.283 e. The standard InChI is InChI=1S/C9H15BrO4/c1-8-5-11-9(12-6-8,13-7-8)3-2-4-14-10/h2-7H2,1H3. The second kappa shape index (κ2) is 4.06. The number of hydrogen-bond acceptors (Lipinski definition) is 4. The van der Waals surface area contributed by atoms with Crippen LogP contribution in [0.15, 0.2) is 0 Å². The fourth-order valence-corrected chi connectivity index (χ4v) is 1.89. The average molecular weight is 267 g/mol. The Hall–Kier alpha value is 0.320. The first-order valence-corrected chi connectivity index (χ1v) is 5.48. The second-order valence-electron chi connectivity index (χ2n) is 4.28. The molecule has 0 aromatic carbocycles. The molecule has 82 valence electrons. The molecule has 3 aliphatic rings. The van der Waals surface area contributed by atoms with E-state index < -0.39 is 5.97 Å². The summed E-state index contributed by atoms with van der Waals surface area (Å²) in [5.41, 5.74) is 0.0493. The van der Waals surface area contributed by atoms with Gasteiger partial charge in [0.1, 0.15) is 0 Å². The van der Waals surface area contributed by atoms with E-state index in [0.29, 0.717) is 13.0 Å². The van der Waals surface area contributed by atoms with Crippen LogP contribution in [0.25, 0.3) is 0 Å². The molecule has 0 aliphatic carbocycles. The van der Waals surface area contributed by atoms with Crippen LogP contribution in [0.3, 0.4) is 0 Å². The summed E-state index contributed by atoms with van der Waals surface area (Å²) < 4.78 is 21.6. The normalized spacial score (nSPS) is 41.6. The van der Waals surface area contributed by atoms with Gasteiger partial charge in [0.05, 0.1) is 42.7 Å². The van der Waals surface area contributed by atoms with Crippen molar-refractivity contribution in [2.75, 3.05) is 26.4 Å². The van der Waals surface area contributed by atoms with Gasteiger partial charge in [-0.3, -0.25) is 0 Å². The second-order valence-corrected chi connectivity index (χ2v) is 4.73. The third-order valence-electron chi connectivity index (χ3n) is 2.63. The third-order valence-corrected chi connectivity index (χ3v) is 2.95. The smallest absolute Gasteiger partial charge is 0.283 e. The lowest BCUT2D eigenvalue weighted by atomic mass is 9.91. The molecule has 0 amide bonds. The Morgan fingerprint density at radius 3 is 2.29 bits per heavy atom. The van der Waals surface area contributed by atoms with Gasteiger partial charge in [-0.1, -0.05) is 6.92 Å². The van der Waals surface area contributed by atoms with Crippen molar-refractivity contribution >= 4 is 16.3 Å². The van der Waals surface area contributed by atoms with E-state index in [1.807, 2.05) is 0 Å². The van der Waals surface area contributed by atoms with Crippen LogP contribution in [0.4, 0.5) is 0 Å². The van der Waals surface area contributed by atoms with Crippen molar-refractivity contribution in [2.45, 2.75) is 25.7 Å². The van der Waals surface area contributed by atoms with Crippen molar-refractivity contribution in [3.8, 4) is 0 Å². The number of rotatable bonds is 4. The maximum absolute atomic E-state index is 5.60. The highest BCUT2D eigenvalue weighted by Gasteiger charge is 2.49. The van der Waals surface area contributed by atoms with Crippen LogP contribution in [0.5, 0.6) is 0 Å². The Bertz CT molecular complexity index is 184. The molecule has 4 nitrogen and oxygen atoms in total. The first-order valence-electron chi connectivity index (χ1n) is 4.84. The number of halogens is 1. The topological polar surface area (TPSA) is 36.9 Å². The van der Waals surface area contributed by atoms with Crippen molar-refractivity contribution in [1.29, 1.82) is 0 Å². The summed E-state index contributed by atoms with van der Waals surface area (Å²) in [4.78, 5) is 0. The molecule has 3 aliphatic heterocycles. The molecular formula is C9H15BrO4. The highest BCUT2D eigenvalue weighted by molar-refractivity contribution is 9.06. The fourth-order valence-electron chi connectivity index (χ4n) is 1.66. The third kappa shape index (κ3) is 2.12. The molecule has 3 heterocycles. The molecule has 0 atom stereocenters. The van der Waals surface area contributed by atoms with Crippen molar-refractivity contribution < 1.29 is 18.0 Å². The summed E-state index contributed by atoms with van der Waals surface area (Å²) in [7, 11) is 0. The van der Waals surface area contributed by atoms with Gasteiger partial charge in [-0.05, 0) is 6.42 Å². The van der Waals surface area contributed by atoms with Gasteiger partial charge in [0.25, 0.3) is 5.97 Å². The van der Waals surface area contributed by atoms with E-state index in [9.17, 15) is 0 Å². The van der Waals surface area contributed by atoms with Crippen LogP contribution in [0, 0.1) is 5.41 Å². The fraction of sp³-hybridized carbons (Fsp3) is 1.00.